The molecule has 0 spiro atoms. The average Bonchev–Trinajstić information content (AvgIpc) is 3.28. The van der Waals surface area contributed by atoms with Crippen LogP contribution in [0, 0.1) is 0 Å². The fourth-order valence-corrected chi connectivity index (χ4v) is 5.29. The maximum atomic E-state index is 13.1. The number of carbonyl (C=O) groups excluding carboxylic acids is 1. The largest absolute Gasteiger partial charge is 0.366 e. The van der Waals surface area contributed by atoms with Crippen molar-refractivity contribution in [3.63, 3.8) is 0 Å². The van der Waals surface area contributed by atoms with Crippen molar-refractivity contribution in [3.8, 4) is 0 Å². The second-order valence-electron chi connectivity index (χ2n) is 8.28. The van der Waals surface area contributed by atoms with Gasteiger partial charge in [0.25, 0.3) is 5.91 Å². The van der Waals surface area contributed by atoms with Crippen LogP contribution in [0.2, 0.25) is 0 Å². The lowest BCUT2D eigenvalue weighted by Crippen LogP contribution is -2.38. The minimum Gasteiger partial charge on any atom is -0.366 e. The Balaban J connectivity index is 1.33. The van der Waals surface area contributed by atoms with Crippen molar-refractivity contribution < 1.29 is 4.79 Å². The summed E-state index contributed by atoms with van der Waals surface area (Å²) in [4.78, 5) is 25.3. The van der Waals surface area contributed by atoms with E-state index in [1.807, 2.05) is 58.3 Å². The average molecular weight is 537 g/mol. The number of hydrogen-bond acceptors (Lipinski definition) is 6. The molecule has 0 aliphatic carbocycles. The molecule has 4 aromatic rings. The monoisotopic (exact) mass is 536 g/mol. The normalized spacial score (nSPS) is 14.5. The number of thioether (sulfide) groups is 1. The van der Waals surface area contributed by atoms with Gasteiger partial charge >= 0.3 is 0 Å². The van der Waals surface area contributed by atoms with Crippen LogP contribution in [0.5, 0.6) is 0 Å². The van der Waals surface area contributed by atoms with Crippen LogP contribution in [0.1, 0.15) is 40.4 Å². The standard InChI is InChI=1S/C25H25BrN6OS/c1-34-22-7-3-2-6-19(22)25(33)31-11-8-18(9-12-31)21-13-23(28-15-17-5-4-10-27-14-17)32-24(30-21)20(26)16-29-32/h2-7,10,13-14,16,18,28H,8-9,11-12,15H2,1H3. The molecule has 0 unspecified atom stereocenters. The van der Waals surface area contributed by atoms with E-state index in [1.165, 1.54) is 0 Å². The lowest BCUT2D eigenvalue weighted by molar-refractivity contribution is 0.0708. The molecular formula is C25H25BrN6OS. The number of nitrogens with zero attached hydrogens (tertiary/aromatic N) is 5. The number of amides is 1. The van der Waals surface area contributed by atoms with Crippen LogP contribution in [-0.4, -0.2) is 49.7 Å². The van der Waals surface area contributed by atoms with Crippen molar-refractivity contribution in [2.75, 3.05) is 24.7 Å². The van der Waals surface area contributed by atoms with Gasteiger partial charge < -0.3 is 10.2 Å². The third kappa shape index (κ3) is 4.67. The second-order valence-corrected chi connectivity index (χ2v) is 9.98. The Hall–Kier alpha value is -2.91. The van der Waals surface area contributed by atoms with E-state index < -0.39 is 0 Å². The third-order valence-corrected chi connectivity index (χ3v) is 7.54. The molecule has 5 rings (SSSR count). The number of pyridine rings is 1. The van der Waals surface area contributed by atoms with E-state index in [0.29, 0.717) is 6.54 Å². The zero-order chi connectivity index (χ0) is 23.5. The molecule has 1 aliphatic rings. The number of fused-ring (bicyclic) bond motifs is 1. The van der Waals surface area contributed by atoms with Crippen LogP contribution in [0.15, 0.2) is 70.4 Å². The van der Waals surface area contributed by atoms with E-state index in [4.69, 9.17) is 4.98 Å². The molecule has 0 radical (unpaired) electrons. The van der Waals surface area contributed by atoms with Crippen LogP contribution in [-0.2, 0) is 6.54 Å². The number of carbonyl (C=O) groups is 1. The molecule has 1 saturated heterocycles. The van der Waals surface area contributed by atoms with Gasteiger partial charge in [-0.25, -0.2) is 4.98 Å². The molecule has 174 valence electrons. The number of likely N-dealkylation sites (tertiary alicyclic amines) is 1. The van der Waals surface area contributed by atoms with Crippen molar-refractivity contribution in [2.24, 2.45) is 0 Å². The summed E-state index contributed by atoms with van der Waals surface area (Å²) < 4.78 is 2.68. The molecular weight excluding hydrogens is 512 g/mol. The van der Waals surface area contributed by atoms with Crippen molar-refractivity contribution in [2.45, 2.75) is 30.2 Å². The summed E-state index contributed by atoms with van der Waals surface area (Å²) >= 11 is 5.20. The second kappa shape index (κ2) is 10.1. The fraction of sp³-hybridized carbons (Fsp3) is 0.280. The summed E-state index contributed by atoms with van der Waals surface area (Å²) in [7, 11) is 0. The smallest absolute Gasteiger partial charge is 0.254 e. The summed E-state index contributed by atoms with van der Waals surface area (Å²) in [5.74, 6) is 1.29. The van der Waals surface area contributed by atoms with Gasteiger partial charge in [0.05, 0.1) is 16.2 Å². The van der Waals surface area contributed by atoms with E-state index in [0.717, 1.165) is 63.6 Å². The van der Waals surface area contributed by atoms with Gasteiger partial charge in [0.2, 0.25) is 0 Å². The predicted molar refractivity (Wildman–Crippen MR) is 138 cm³/mol. The minimum absolute atomic E-state index is 0.115. The van der Waals surface area contributed by atoms with Crippen molar-refractivity contribution in [3.05, 3.63) is 82.3 Å². The van der Waals surface area contributed by atoms with Gasteiger partial charge in [-0.1, -0.05) is 18.2 Å². The number of anilines is 1. The Morgan fingerprint density at radius 2 is 2.00 bits per heavy atom. The Bertz CT molecular complexity index is 1300. The highest BCUT2D eigenvalue weighted by atomic mass is 79.9. The van der Waals surface area contributed by atoms with Gasteiger partial charge in [0.15, 0.2) is 5.65 Å². The topological polar surface area (TPSA) is 75.4 Å². The molecule has 1 amide bonds. The fourth-order valence-electron chi connectivity index (χ4n) is 4.36. The van der Waals surface area contributed by atoms with Gasteiger partial charge in [0.1, 0.15) is 5.82 Å². The van der Waals surface area contributed by atoms with Crippen molar-refractivity contribution >= 4 is 45.1 Å². The Labute approximate surface area is 211 Å². The van der Waals surface area contributed by atoms with Gasteiger partial charge in [-0.15, -0.1) is 11.8 Å². The summed E-state index contributed by atoms with van der Waals surface area (Å²) in [5.41, 5.74) is 3.70. The molecule has 1 aliphatic heterocycles. The molecule has 0 saturated carbocycles. The van der Waals surface area contributed by atoms with Crippen LogP contribution in [0.4, 0.5) is 5.82 Å². The molecule has 9 heteroatoms. The number of hydrogen-bond donors (Lipinski definition) is 1. The SMILES string of the molecule is CSc1ccccc1C(=O)N1CCC(c2cc(NCc3cccnc3)n3ncc(Br)c3n2)CC1. The first kappa shape index (κ1) is 22.9. The molecule has 1 aromatic carbocycles. The summed E-state index contributed by atoms with van der Waals surface area (Å²) in [6.07, 6.45) is 9.16. The van der Waals surface area contributed by atoms with Crippen molar-refractivity contribution in [1.82, 2.24) is 24.5 Å². The lowest BCUT2D eigenvalue weighted by Gasteiger charge is -2.32. The van der Waals surface area contributed by atoms with E-state index in [1.54, 1.807) is 24.2 Å². The summed E-state index contributed by atoms with van der Waals surface area (Å²) in [6, 6.07) is 13.9. The first-order valence-electron chi connectivity index (χ1n) is 11.2. The minimum atomic E-state index is 0.115. The molecule has 3 aromatic heterocycles. The number of benzene rings is 1. The molecule has 0 bridgehead atoms. The zero-order valence-electron chi connectivity index (χ0n) is 18.8. The summed E-state index contributed by atoms with van der Waals surface area (Å²) in [5, 5.41) is 7.97. The first-order valence-corrected chi connectivity index (χ1v) is 13.2. The van der Waals surface area contributed by atoms with E-state index >= 15 is 0 Å². The van der Waals surface area contributed by atoms with Crippen molar-refractivity contribution in [1.29, 1.82) is 0 Å². The molecule has 0 atom stereocenters. The quantitative estimate of drug-likeness (QED) is 0.339. The van der Waals surface area contributed by atoms with Crippen LogP contribution in [0.3, 0.4) is 0 Å². The zero-order valence-corrected chi connectivity index (χ0v) is 21.2. The van der Waals surface area contributed by atoms with Crippen LogP contribution >= 0.6 is 27.7 Å². The highest BCUT2D eigenvalue weighted by Gasteiger charge is 2.27. The van der Waals surface area contributed by atoms with Crippen LogP contribution in [0.25, 0.3) is 5.65 Å². The highest BCUT2D eigenvalue weighted by molar-refractivity contribution is 9.10. The maximum absolute atomic E-state index is 13.1. The van der Waals surface area contributed by atoms with Gasteiger partial charge in [-0.2, -0.15) is 9.61 Å². The lowest BCUT2D eigenvalue weighted by atomic mass is 9.92. The molecule has 4 heterocycles. The van der Waals surface area contributed by atoms with E-state index in [2.05, 4.69) is 37.4 Å². The van der Waals surface area contributed by atoms with Crippen LogP contribution < -0.4 is 5.32 Å². The summed E-state index contributed by atoms with van der Waals surface area (Å²) in [6.45, 7) is 2.08. The highest BCUT2D eigenvalue weighted by Crippen LogP contribution is 2.32. The first-order chi connectivity index (χ1) is 16.6. The Morgan fingerprint density at radius 1 is 1.18 bits per heavy atom. The van der Waals surface area contributed by atoms with Gasteiger partial charge in [-0.05, 0) is 58.8 Å². The van der Waals surface area contributed by atoms with E-state index in [9.17, 15) is 4.79 Å². The third-order valence-electron chi connectivity index (χ3n) is 6.18. The number of piperidine rings is 1. The number of rotatable bonds is 6. The maximum Gasteiger partial charge on any atom is 0.254 e. The number of aromatic nitrogens is 4. The van der Waals surface area contributed by atoms with Gasteiger partial charge in [-0.3, -0.25) is 9.78 Å². The number of nitrogens with one attached hydrogen (secondary N) is 1. The van der Waals surface area contributed by atoms with E-state index in [-0.39, 0.29) is 11.8 Å². The Morgan fingerprint density at radius 3 is 2.76 bits per heavy atom. The molecule has 7 nitrogen and oxygen atoms in total. The molecule has 1 fully saturated rings. The number of halogens is 1. The Kier molecular flexibility index (Phi) is 6.82. The molecule has 1 N–H and O–H groups in total. The van der Waals surface area contributed by atoms with Gasteiger partial charge in [0, 0.05) is 54.6 Å². The molecule has 34 heavy (non-hydrogen) atoms. The predicted octanol–water partition coefficient (Wildman–Crippen LogP) is 5.24.